The van der Waals surface area contributed by atoms with Crippen molar-refractivity contribution in [3.63, 3.8) is 0 Å². The first-order valence-corrected chi connectivity index (χ1v) is 38.1. The number of ether oxygens (including phenoxy) is 2. The highest BCUT2D eigenvalue weighted by atomic mass is 16.7. The summed E-state index contributed by atoms with van der Waals surface area (Å²) in [6, 6.07) is -0.811. The van der Waals surface area contributed by atoms with E-state index in [0.29, 0.717) is 6.42 Å². The topological polar surface area (TPSA) is 149 Å². The second kappa shape index (κ2) is 68.7. The lowest BCUT2D eigenvalue weighted by molar-refractivity contribution is -0.302. The van der Waals surface area contributed by atoms with Crippen LogP contribution in [0.2, 0.25) is 0 Å². The Balaban J connectivity index is 2.09. The number of nitrogens with one attached hydrogen (secondary N) is 1. The van der Waals surface area contributed by atoms with E-state index < -0.39 is 49.5 Å². The molecule has 9 nitrogen and oxygen atoms in total. The number of aliphatic hydroxyl groups is 5. The van der Waals surface area contributed by atoms with Gasteiger partial charge in [-0.2, -0.15) is 0 Å². The zero-order valence-corrected chi connectivity index (χ0v) is 58.4. The maximum absolute atomic E-state index is 13.2. The molecule has 90 heavy (non-hydrogen) atoms. The molecule has 6 N–H and O–H groups in total. The van der Waals surface area contributed by atoms with Crippen LogP contribution in [0.5, 0.6) is 0 Å². The summed E-state index contributed by atoms with van der Waals surface area (Å²) >= 11 is 0. The molecule has 1 saturated heterocycles. The molecule has 1 heterocycles. The fourth-order valence-electron chi connectivity index (χ4n) is 11.7. The third kappa shape index (κ3) is 56.4. The molecule has 0 spiro atoms. The number of rotatable bonds is 66. The molecular formula is C81H143NO8. The molecule has 1 aliphatic heterocycles. The van der Waals surface area contributed by atoms with Crippen molar-refractivity contribution in [1.29, 1.82) is 0 Å². The average Bonchev–Trinajstić information content (AvgIpc) is 1.28. The molecule has 9 heteroatoms. The molecule has 0 bridgehead atoms. The molecule has 520 valence electrons. The summed E-state index contributed by atoms with van der Waals surface area (Å²) in [5.74, 6) is -0.175. The molecule has 1 aliphatic rings. The van der Waals surface area contributed by atoms with E-state index in [2.05, 4.69) is 116 Å². The van der Waals surface area contributed by atoms with Gasteiger partial charge in [0.2, 0.25) is 5.91 Å². The minimum atomic E-state index is -1.57. The van der Waals surface area contributed by atoms with Crippen molar-refractivity contribution in [2.24, 2.45) is 0 Å². The lowest BCUT2D eigenvalue weighted by atomic mass is 9.99. The predicted molar refractivity (Wildman–Crippen MR) is 387 cm³/mol. The summed E-state index contributed by atoms with van der Waals surface area (Å²) in [6.45, 7) is 3.70. The van der Waals surface area contributed by atoms with E-state index in [-0.39, 0.29) is 12.5 Å². The van der Waals surface area contributed by atoms with Gasteiger partial charge < -0.3 is 40.3 Å². The highest BCUT2D eigenvalue weighted by Gasteiger charge is 2.44. The first-order valence-electron chi connectivity index (χ1n) is 38.1. The summed E-state index contributed by atoms with van der Waals surface area (Å²) < 4.78 is 11.3. The fraction of sp³-hybridized carbons (Fsp3) is 0.765. The number of carbonyl (C=O) groups is 1. The maximum Gasteiger partial charge on any atom is 0.220 e. The molecule has 7 unspecified atom stereocenters. The molecule has 0 radical (unpaired) electrons. The highest BCUT2D eigenvalue weighted by Crippen LogP contribution is 2.23. The summed E-state index contributed by atoms with van der Waals surface area (Å²) in [5.41, 5.74) is 0. The lowest BCUT2D eigenvalue weighted by Crippen LogP contribution is -2.60. The molecule has 0 aromatic heterocycles. The van der Waals surface area contributed by atoms with Crippen molar-refractivity contribution in [3.8, 4) is 0 Å². The summed E-state index contributed by atoms with van der Waals surface area (Å²) in [5, 5.41) is 54.9. The number of unbranched alkanes of at least 4 members (excludes halogenated alkanes) is 40. The van der Waals surface area contributed by atoms with E-state index in [1.165, 1.54) is 231 Å². The number of amides is 1. The van der Waals surface area contributed by atoms with E-state index in [1.807, 2.05) is 6.08 Å². The van der Waals surface area contributed by atoms with Gasteiger partial charge in [0.05, 0.1) is 25.4 Å². The van der Waals surface area contributed by atoms with Crippen LogP contribution in [0.15, 0.2) is 109 Å². The Labute approximate surface area is 555 Å². The number of hydrogen-bond acceptors (Lipinski definition) is 8. The standard InChI is InChI=1S/C81H143NO8/c1-3-5-7-9-11-13-15-17-19-21-23-25-27-29-31-32-33-34-35-36-37-38-39-40-41-42-43-44-45-47-49-51-53-55-57-59-61-63-65-67-69-71-77(85)82-74(73-89-81-80(88)79(87)78(86)76(72-83)90-81)75(84)70-68-66-64-62-60-58-56-54-52-50-48-46-30-28-26-24-22-20-18-16-14-12-10-8-6-4-2/h5,7,11,13,17,19,23,25,29,31,33-34,36-37,39-40,68,70,74-76,78-81,83-84,86-88H,3-4,6,8-10,12,14-16,18,20-22,24,26-28,30,32,35,38,41-67,69,71-73H2,1-2H3,(H,82,85)/b7-5-,13-11-,19-17-,25-23-,31-29-,34-33-,37-36-,40-39-,70-68+. The Kier molecular flexibility index (Phi) is 64.8. The predicted octanol–water partition coefficient (Wildman–Crippen LogP) is 21.6. The van der Waals surface area contributed by atoms with Crippen LogP contribution in [0.1, 0.15) is 341 Å². The van der Waals surface area contributed by atoms with Crippen molar-refractivity contribution in [3.05, 3.63) is 109 Å². The number of allylic oxidation sites excluding steroid dienone is 17. The highest BCUT2D eigenvalue weighted by molar-refractivity contribution is 5.76. The molecule has 0 aromatic carbocycles. The van der Waals surface area contributed by atoms with Gasteiger partial charge in [0.25, 0.3) is 0 Å². The third-order valence-electron chi connectivity index (χ3n) is 17.6. The molecule has 7 atom stereocenters. The van der Waals surface area contributed by atoms with Crippen LogP contribution in [-0.4, -0.2) is 87.5 Å². The van der Waals surface area contributed by atoms with Crippen molar-refractivity contribution < 1.29 is 39.8 Å². The Morgan fingerprint density at radius 1 is 0.389 bits per heavy atom. The molecule has 0 aliphatic carbocycles. The van der Waals surface area contributed by atoms with Gasteiger partial charge in [-0.15, -0.1) is 0 Å². The van der Waals surface area contributed by atoms with Gasteiger partial charge >= 0.3 is 0 Å². The van der Waals surface area contributed by atoms with Gasteiger partial charge in [-0.3, -0.25) is 4.79 Å². The first kappa shape index (κ1) is 84.9. The van der Waals surface area contributed by atoms with E-state index >= 15 is 0 Å². The summed E-state index contributed by atoms with van der Waals surface area (Å²) in [7, 11) is 0. The molecule has 1 rings (SSSR count). The molecule has 1 fully saturated rings. The monoisotopic (exact) mass is 1260 g/mol. The number of carbonyl (C=O) groups excluding carboxylic acids is 1. The largest absolute Gasteiger partial charge is 0.394 e. The SMILES string of the molecule is CC/C=C\C/C=C\C/C=C\C/C=C\C/C=C\C/C=C\C/C=C\C/C=C\CCCCCCCCCCCCCCCCCCC(=O)NC(COC1OC(CO)C(O)C(O)C1O)C(O)/C=C/CCCCCCCCCCCCCCCCCCCCCCCCCC. The minimum Gasteiger partial charge on any atom is -0.394 e. The minimum absolute atomic E-state index is 0.175. The first-order chi connectivity index (χ1) is 44.3. The van der Waals surface area contributed by atoms with Gasteiger partial charge in [-0.1, -0.05) is 361 Å². The van der Waals surface area contributed by atoms with Crippen molar-refractivity contribution in [1.82, 2.24) is 5.32 Å². The quantitative estimate of drug-likeness (QED) is 0.0261. The second-order valence-electron chi connectivity index (χ2n) is 26.1. The van der Waals surface area contributed by atoms with Gasteiger partial charge in [0.15, 0.2) is 6.29 Å². The fourth-order valence-corrected chi connectivity index (χ4v) is 11.7. The molecule has 1 amide bonds. The number of hydrogen-bond donors (Lipinski definition) is 6. The number of aliphatic hydroxyl groups excluding tert-OH is 5. The van der Waals surface area contributed by atoms with Crippen LogP contribution in [0.25, 0.3) is 0 Å². The third-order valence-corrected chi connectivity index (χ3v) is 17.6. The Morgan fingerprint density at radius 3 is 1.02 bits per heavy atom. The lowest BCUT2D eigenvalue weighted by Gasteiger charge is -2.40. The van der Waals surface area contributed by atoms with Crippen LogP contribution >= 0.6 is 0 Å². The van der Waals surface area contributed by atoms with Crippen LogP contribution in [0.4, 0.5) is 0 Å². The average molecular weight is 1260 g/mol. The maximum atomic E-state index is 13.2. The zero-order valence-electron chi connectivity index (χ0n) is 58.4. The van der Waals surface area contributed by atoms with E-state index in [9.17, 15) is 30.3 Å². The normalized spacial score (nSPS) is 18.4. The Morgan fingerprint density at radius 2 is 0.689 bits per heavy atom. The smallest absolute Gasteiger partial charge is 0.220 e. The van der Waals surface area contributed by atoms with E-state index in [1.54, 1.807) is 6.08 Å². The van der Waals surface area contributed by atoms with Crippen LogP contribution in [-0.2, 0) is 14.3 Å². The van der Waals surface area contributed by atoms with Crippen LogP contribution in [0.3, 0.4) is 0 Å². The Bertz CT molecular complexity index is 1800. The zero-order chi connectivity index (χ0) is 64.9. The van der Waals surface area contributed by atoms with Crippen molar-refractivity contribution in [2.75, 3.05) is 13.2 Å². The van der Waals surface area contributed by atoms with Crippen LogP contribution in [0, 0.1) is 0 Å². The van der Waals surface area contributed by atoms with Gasteiger partial charge in [0, 0.05) is 6.42 Å². The van der Waals surface area contributed by atoms with Gasteiger partial charge in [-0.05, 0) is 83.5 Å². The van der Waals surface area contributed by atoms with E-state index in [0.717, 1.165) is 89.9 Å². The second-order valence-corrected chi connectivity index (χ2v) is 26.1. The van der Waals surface area contributed by atoms with Gasteiger partial charge in [0.1, 0.15) is 24.4 Å². The summed E-state index contributed by atoms with van der Waals surface area (Å²) in [4.78, 5) is 13.2. The van der Waals surface area contributed by atoms with Crippen molar-refractivity contribution in [2.45, 2.75) is 384 Å². The van der Waals surface area contributed by atoms with Crippen LogP contribution < -0.4 is 5.32 Å². The van der Waals surface area contributed by atoms with E-state index in [4.69, 9.17) is 9.47 Å². The van der Waals surface area contributed by atoms with Crippen molar-refractivity contribution >= 4 is 5.91 Å². The molecule has 0 saturated carbocycles. The van der Waals surface area contributed by atoms with Gasteiger partial charge in [-0.25, -0.2) is 0 Å². The Hall–Kier alpha value is -3.15. The molecular weight excluding hydrogens is 1110 g/mol. The molecule has 0 aromatic rings. The summed E-state index contributed by atoms with van der Waals surface area (Å²) in [6.07, 6.45) is 94.9.